The second-order valence-electron chi connectivity index (χ2n) is 3.43. The third-order valence-electron chi connectivity index (χ3n) is 2.31. The fraction of sp³-hybridized carbons (Fsp3) is 0.0833. The number of pyridine rings is 1. The van der Waals surface area contributed by atoms with Crippen LogP contribution in [0.25, 0.3) is 0 Å². The average molecular weight is 217 g/mol. The van der Waals surface area contributed by atoms with E-state index in [-0.39, 0.29) is 5.82 Å². The first-order chi connectivity index (χ1) is 7.68. The van der Waals surface area contributed by atoms with Gasteiger partial charge >= 0.3 is 0 Å². The Balaban J connectivity index is 2.39. The molecule has 2 rings (SSSR count). The Bertz CT molecular complexity index is 499. The highest BCUT2D eigenvalue weighted by molar-refractivity contribution is 5.60. The first kappa shape index (κ1) is 10.4. The van der Waals surface area contributed by atoms with Gasteiger partial charge in [0.2, 0.25) is 0 Å². The molecule has 82 valence electrons. The van der Waals surface area contributed by atoms with E-state index in [9.17, 15) is 4.39 Å². The van der Waals surface area contributed by atoms with Crippen LogP contribution < -0.4 is 10.6 Å². The highest BCUT2D eigenvalue weighted by Gasteiger charge is 2.09. The van der Waals surface area contributed by atoms with Crippen molar-refractivity contribution in [2.24, 2.45) is 0 Å². The lowest BCUT2D eigenvalue weighted by molar-refractivity contribution is 0.627. The Morgan fingerprint density at radius 3 is 2.56 bits per heavy atom. The zero-order valence-electron chi connectivity index (χ0n) is 8.89. The van der Waals surface area contributed by atoms with Crippen LogP contribution in [0.1, 0.15) is 0 Å². The number of para-hydroxylation sites is 1. The number of benzene rings is 1. The van der Waals surface area contributed by atoms with Crippen molar-refractivity contribution in [2.45, 2.75) is 0 Å². The summed E-state index contributed by atoms with van der Waals surface area (Å²) in [7, 11) is 1.75. The molecule has 0 saturated carbocycles. The number of nitrogens with two attached hydrogens (primary N) is 1. The number of hydrogen-bond acceptors (Lipinski definition) is 3. The molecule has 3 nitrogen and oxygen atoms in total. The van der Waals surface area contributed by atoms with Gasteiger partial charge < -0.3 is 10.6 Å². The summed E-state index contributed by atoms with van der Waals surface area (Å²) in [6.45, 7) is 0. The Hall–Kier alpha value is -2.10. The van der Waals surface area contributed by atoms with E-state index in [0.29, 0.717) is 17.3 Å². The van der Waals surface area contributed by atoms with Crippen LogP contribution in [-0.4, -0.2) is 12.0 Å². The van der Waals surface area contributed by atoms with E-state index in [0.717, 1.165) is 0 Å². The van der Waals surface area contributed by atoms with Crippen LogP contribution in [0.15, 0.2) is 42.5 Å². The summed E-state index contributed by atoms with van der Waals surface area (Å²) >= 11 is 0. The first-order valence-electron chi connectivity index (χ1n) is 4.89. The SMILES string of the molecule is CN(c1cccc(N)n1)c1ccccc1F. The summed E-state index contributed by atoms with van der Waals surface area (Å²) in [5.41, 5.74) is 6.05. The molecule has 0 unspecified atom stereocenters. The minimum Gasteiger partial charge on any atom is -0.384 e. The standard InChI is InChI=1S/C12H12FN3/c1-16(10-6-3-2-5-9(10)13)12-8-4-7-11(14)15-12/h2-8H,1H3,(H2,14,15). The Morgan fingerprint density at radius 2 is 1.88 bits per heavy atom. The third kappa shape index (κ3) is 1.95. The average Bonchev–Trinajstić information content (AvgIpc) is 2.29. The maximum atomic E-state index is 13.5. The van der Waals surface area contributed by atoms with Crippen LogP contribution in [0.5, 0.6) is 0 Å². The summed E-state index contributed by atoms with van der Waals surface area (Å²) in [5, 5.41) is 0. The molecular formula is C12H12FN3. The van der Waals surface area contributed by atoms with Crippen molar-refractivity contribution in [3.8, 4) is 0 Å². The molecule has 2 aromatic rings. The summed E-state index contributed by atoms with van der Waals surface area (Å²) < 4.78 is 13.5. The zero-order chi connectivity index (χ0) is 11.5. The van der Waals surface area contributed by atoms with Crippen LogP contribution in [0.4, 0.5) is 21.7 Å². The van der Waals surface area contributed by atoms with Gasteiger partial charge in [-0.2, -0.15) is 0 Å². The molecule has 1 aromatic carbocycles. The second kappa shape index (κ2) is 4.18. The molecule has 4 heteroatoms. The van der Waals surface area contributed by atoms with Gasteiger partial charge in [0.15, 0.2) is 0 Å². The topological polar surface area (TPSA) is 42.1 Å². The van der Waals surface area contributed by atoms with Crippen molar-refractivity contribution in [2.75, 3.05) is 17.7 Å². The molecular weight excluding hydrogens is 205 g/mol. The minimum atomic E-state index is -0.283. The van der Waals surface area contributed by atoms with Crippen molar-refractivity contribution in [3.63, 3.8) is 0 Å². The molecule has 0 saturated heterocycles. The quantitative estimate of drug-likeness (QED) is 0.840. The fourth-order valence-electron chi connectivity index (χ4n) is 1.47. The van der Waals surface area contributed by atoms with Gasteiger partial charge in [-0.05, 0) is 24.3 Å². The largest absolute Gasteiger partial charge is 0.384 e. The van der Waals surface area contributed by atoms with E-state index in [1.807, 2.05) is 0 Å². The van der Waals surface area contributed by atoms with Crippen LogP contribution in [0.3, 0.4) is 0 Å². The lowest BCUT2D eigenvalue weighted by Gasteiger charge is -2.18. The van der Waals surface area contributed by atoms with Gasteiger partial charge in [-0.1, -0.05) is 18.2 Å². The normalized spacial score (nSPS) is 10.1. The highest BCUT2D eigenvalue weighted by Crippen LogP contribution is 2.24. The lowest BCUT2D eigenvalue weighted by atomic mass is 10.3. The maximum absolute atomic E-state index is 13.5. The molecule has 1 heterocycles. The van der Waals surface area contributed by atoms with Crippen molar-refractivity contribution in [1.82, 2.24) is 4.98 Å². The molecule has 16 heavy (non-hydrogen) atoms. The Labute approximate surface area is 93.3 Å². The molecule has 0 aliphatic heterocycles. The van der Waals surface area contributed by atoms with Gasteiger partial charge in [0.1, 0.15) is 17.5 Å². The van der Waals surface area contributed by atoms with Crippen LogP contribution >= 0.6 is 0 Å². The summed E-state index contributed by atoms with van der Waals surface area (Å²) in [5.74, 6) is 0.750. The number of nitrogen functional groups attached to an aromatic ring is 1. The third-order valence-corrected chi connectivity index (χ3v) is 2.31. The molecule has 0 aliphatic rings. The summed E-state index contributed by atoms with van der Waals surface area (Å²) in [6, 6.07) is 11.8. The van der Waals surface area contributed by atoms with Gasteiger partial charge in [0.25, 0.3) is 0 Å². The van der Waals surface area contributed by atoms with E-state index >= 15 is 0 Å². The Kier molecular flexibility index (Phi) is 2.72. The molecule has 0 aliphatic carbocycles. The van der Waals surface area contributed by atoms with E-state index in [1.54, 1.807) is 48.3 Å². The number of nitrogens with zero attached hydrogens (tertiary/aromatic N) is 2. The van der Waals surface area contributed by atoms with Gasteiger partial charge in [-0.15, -0.1) is 0 Å². The number of rotatable bonds is 2. The van der Waals surface area contributed by atoms with Crippen molar-refractivity contribution in [1.29, 1.82) is 0 Å². The predicted octanol–water partition coefficient (Wildman–Crippen LogP) is 2.57. The van der Waals surface area contributed by atoms with Crippen LogP contribution in [-0.2, 0) is 0 Å². The fourth-order valence-corrected chi connectivity index (χ4v) is 1.47. The minimum absolute atomic E-state index is 0.283. The van der Waals surface area contributed by atoms with Gasteiger partial charge in [-0.25, -0.2) is 9.37 Å². The van der Waals surface area contributed by atoms with Gasteiger partial charge in [-0.3, -0.25) is 0 Å². The van der Waals surface area contributed by atoms with Gasteiger partial charge in [0.05, 0.1) is 5.69 Å². The second-order valence-corrected chi connectivity index (χ2v) is 3.43. The van der Waals surface area contributed by atoms with E-state index in [1.165, 1.54) is 6.07 Å². The van der Waals surface area contributed by atoms with Crippen molar-refractivity contribution in [3.05, 3.63) is 48.3 Å². The molecule has 0 spiro atoms. The lowest BCUT2D eigenvalue weighted by Crippen LogP contribution is -2.13. The number of aromatic nitrogens is 1. The van der Waals surface area contributed by atoms with E-state index in [4.69, 9.17) is 5.73 Å². The van der Waals surface area contributed by atoms with E-state index in [2.05, 4.69) is 4.98 Å². The van der Waals surface area contributed by atoms with Gasteiger partial charge in [0, 0.05) is 7.05 Å². The van der Waals surface area contributed by atoms with Crippen molar-refractivity contribution >= 4 is 17.3 Å². The highest BCUT2D eigenvalue weighted by atomic mass is 19.1. The Morgan fingerprint density at radius 1 is 1.12 bits per heavy atom. The molecule has 0 atom stereocenters. The number of halogens is 1. The van der Waals surface area contributed by atoms with Crippen LogP contribution in [0.2, 0.25) is 0 Å². The predicted molar refractivity (Wildman–Crippen MR) is 63.1 cm³/mol. The molecule has 0 amide bonds. The van der Waals surface area contributed by atoms with Crippen LogP contribution in [0, 0.1) is 5.82 Å². The maximum Gasteiger partial charge on any atom is 0.146 e. The summed E-state index contributed by atoms with van der Waals surface area (Å²) in [4.78, 5) is 5.79. The zero-order valence-corrected chi connectivity index (χ0v) is 8.89. The summed E-state index contributed by atoms with van der Waals surface area (Å²) in [6.07, 6.45) is 0. The first-order valence-corrected chi connectivity index (χ1v) is 4.89. The molecule has 0 radical (unpaired) electrons. The van der Waals surface area contributed by atoms with E-state index < -0.39 is 0 Å². The molecule has 2 N–H and O–H groups in total. The smallest absolute Gasteiger partial charge is 0.146 e. The number of anilines is 3. The molecule has 1 aromatic heterocycles. The van der Waals surface area contributed by atoms with Crippen molar-refractivity contribution < 1.29 is 4.39 Å². The monoisotopic (exact) mass is 217 g/mol. The molecule has 0 bridgehead atoms. The number of hydrogen-bond donors (Lipinski definition) is 1. The molecule has 0 fully saturated rings.